The van der Waals surface area contributed by atoms with Crippen LogP contribution in [0.3, 0.4) is 0 Å². The van der Waals surface area contributed by atoms with Gasteiger partial charge >= 0.3 is 0 Å². The van der Waals surface area contributed by atoms with Crippen molar-refractivity contribution in [1.82, 2.24) is 0 Å². The van der Waals surface area contributed by atoms with E-state index in [-0.39, 0.29) is 0 Å². The standard InChI is InChI=1S/2C10H6Br2/c11-9-3-1-7-2-4-10(12)6-8(7)5-9;11-9-5-6-10(12)8-4-2-1-3-7(8)9/h2*1-6H. The summed E-state index contributed by atoms with van der Waals surface area (Å²) < 4.78 is 4.52. The molecular weight excluding hydrogens is 560 g/mol. The number of fused-ring (bicyclic) bond motifs is 2. The lowest BCUT2D eigenvalue weighted by Crippen LogP contribution is -1.74. The zero-order valence-corrected chi connectivity index (χ0v) is 18.8. The van der Waals surface area contributed by atoms with Crippen LogP contribution in [0.1, 0.15) is 0 Å². The first-order valence-corrected chi connectivity index (χ1v) is 10.4. The van der Waals surface area contributed by atoms with E-state index in [1.807, 2.05) is 24.3 Å². The fourth-order valence-corrected chi connectivity index (χ4v) is 4.13. The number of benzene rings is 4. The Morgan fingerprint density at radius 3 is 1.38 bits per heavy atom. The van der Waals surface area contributed by atoms with Crippen molar-refractivity contribution in [2.45, 2.75) is 0 Å². The molecule has 24 heavy (non-hydrogen) atoms. The fourth-order valence-electron chi connectivity index (χ4n) is 2.41. The van der Waals surface area contributed by atoms with E-state index < -0.39 is 0 Å². The Balaban J connectivity index is 0.000000141. The van der Waals surface area contributed by atoms with E-state index in [9.17, 15) is 0 Å². The smallest absolute Gasteiger partial charge is 0.0254 e. The molecule has 0 aromatic heterocycles. The summed E-state index contributed by atoms with van der Waals surface area (Å²) in [5.41, 5.74) is 0. The lowest BCUT2D eigenvalue weighted by Gasteiger charge is -2.01. The summed E-state index contributed by atoms with van der Waals surface area (Å²) in [7, 11) is 0. The average Bonchev–Trinajstić information content (AvgIpc) is 2.59. The second-order valence-electron chi connectivity index (χ2n) is 5.21. The molecule has 0 radical (unpaired) electrons. The lowest BCUT2D eigenvalue weighted by atomic mass is 10.1. The molecule has 0 amide bonds. The van der Waals surface area contributed by atoms with E-state index in [0.717, 1.165) is 17.9 Å². The molecule has 0 N–H and O–H groups in total. The van der Waals surface area contributed by atoms with Gasteiger partial charge in [0.25, 0.3) is 0 Å². The topological polar surface area (TPSA) is 0 Å². The first kappa shape index (κ1) is 18.1. The van der Waals surface area contributed by atoms with Gasteiger partial charge in [0.2, 0.25) is 0 Å². The number of halogens is 4. The molecule has 0 aliphatic carbocycles. The minimum atomic E-state index is 1.12. The van der Waals surface area contributed by atoms with Gasteiger partial charge in [0.1, 0.15) is 0 Å². The first-order valence-electron chi connectivity index (χ1n) is 7.22. The minimum absolute atomic E-state index is 1.12. The summed E-state index contributed by atoms with van der Waals surface area (Å²) in [5, 5.41) is 5.00. The Morgan fingerprint density at radius 2 is 0.917 bits per heavy atom. The molecule has 0 atom stereocenters. The van der Waals surface area contributed by atoms with Crippen LogP contribution in [-0.4, -0.2) is 0 Å². The van der Waals surface area contributed by atoms with Gasteiger partial charge in [0, 0.05) is 17.9 Å². The van der Waals surface area contributed by atoms with E-state index in [0.29, 0.717) is 0 Å². The molecule has 0 aliphatic heterocycles. The Labute approximate surface area is 174 Å². The minimum Gasteiger partial charge on any atom is -0.0616 e. The quantitative estimate of drug-likeness (QED) is 0.198. The van der Waals surface area contributed by atoms with Gasteiger partial charge in [-0.2, -0.15) is 0 Å². The molecule has 0 saturated carbocycles. The maximum absolute atomic E-state index is 3.51. The first-order chi connectivity index (χ1) is 11.5. The van der Waals surface area contributed by atoms with Crippen molar-refractivity contribution in [3.05, 3.63) is 90.7 Å². The van der Waals surface area contributed by atoms with E-state index >= 15 is 0 Å². The summed E-state index contributed by atoms with van der Waals surface area (Å²) in [5.74, 6) is 0. The summed E-state index contributed by atoms with van der Waals surface area (Å²) in [6.45, 7) is 0. The molecular formula is C20H12Br4. The average molecular weight is 572 g/mol. The molecule has 4 aromatic carbocycles. The molecule has 0 spiro atoms. The van der Waals surface area contributed by atoms with Crippen LogP contribution < -0.4 is 0 Å². The van der Waals surface area contributed by atoms with Crippen molar-refractivity contribution in [3.8, 4) is 0 Å². The van der Waals surface area contributed by atoms with E-state index in [1.165, 1.54) is 21.5 Å². The molecule has 0 heterocycles. The Hall–Kier alpha value is -0.680. The van der Waals surface area contributed by atoms with Gasteiger partial charge in [-0.15, -0.1) is 0 Å². The van der Waals surface area contributed by atoms with Crippen molar-refractivity contribution in [3.63, 3.8) is 0 Å². The molecule has 4 rings (SSSR count). The summed E-state index contributed by atoms with van der Waals surface area (Å²) in [6.07, 6.45) is 0. The second-order valence-corrected chi connectivity index (χ2v) is 8.75. The fraction of sp³-hybridized carbons (Fsp3) is 0. The highest BCUT2D eigenvalue weighted by Gasteiger charge is 1.99. The van der Waals surface area contributed by atoms with Crippen LogP contribution in [0.2, 0.25) is 0 Å². The lowest BCUT2D eigenvalue weighted by molar-refractivity contribution is 1.67. The maximum atomic E-state index is 3.51. The van der Waals surface area contributed by atoms with Gasteiger partial charge in [0.15, 0.2) is 0 Å². The molecule has 120 valence electrons. The van der Waals surface area contributed by atoms with E-state index in [1.54, 1.807) is 0 Å². The van der Waals surface area contributed by atoms with Gasteiger partial charge in [-0.1, -0.05) is 100 Å². The Bertz CT molecular complexity index is 931. The third kappa shape index (κ3) is 4.29. The zero-order valence-electron chi connectivity index (χ0n) is 12.4. The largest absolute Gasteiger partial charge is 0.0616 e. The van der Waals surface area contributed by atoms with Crippen LogP contribution >= 0.6 is 63.7 Å². The summed E-state index contributed by atoms with van der Waals surface area (Å²) in [6, 6.07) is 24.9. The van der Waals surface area contributed by atoms with Gasteiger partial charge in [-0.3, -0.25) is 0 Å². The molecule has 0 unspecified atom stereocenters. The normalized spacial score (nSPS) is 10.5. The molecule has 0 bridgehead atoms. The predicted molar refractivity (Wildman–Crippen MR) is 119 cm³/mol. The molecule has 0 nitrogen and oxygen atoms in total. The third-order valence-electron chi connectivity index (χ3n) is 3.58. The Kier molecular flexibility index (Phi) is 6.14. The van der Waals surface area contributed by atoms with Gasteiger partial charge in [0.05, 0.1) is 0 Å². The number of rotatable bonds is 0. The van der Waals surface area contributed by atoms with Gasteiger partial charge in [-0.25, -0.2) is 0 Å². The van der Waals surface area contributed by atoms with Crippen LogP contribution in [-0.2, 0) is 0 Å². The summed E-state index contributed by atoms with van der Waals surface area (Å²) >= 11 is 13.9. The highest BCUT2D eigenvalue weighted by atomic mass is 79.9. The monoisotopic (exact) mass is 568 g/mol. The maximum Gasteiger partial charge on any atom is 0.0254 e. The van der Waals surface area contributed by atoms with Crippen LogP contribution in [0.15, 0.2) is 90.7 Å². The van der Waals surface area contributed by atoms with Crippen molar-refractivity contribution >= 4 is 85.3 Å². The predicted octanol–water partition coefficient (Wildman–Crippen LogP) is 8.73. The van der Waals surface area contributed by atoms with Crippen molar-refractivity contribution in [1.29, 1.82) is 0 Å². The van der Waals surface area contributed by atoms with Crippen LogP contribution in [0.5, 0.6) is 0 Å². The van der Waals surface area contributed by atoms with Crippen LogP contribution in [0.25, 0.3) is 21.5 Å². The zero-order chi connectivity index (χ0) is 17.1. The molecule has 0 saturated heterocycles. The highest BCUT2D eigenvalue weighted by Crippen LogP contribution is 2.29. The van der Waals surface area contributed by atoms with Crippen LogP contribution in [0.4, 0.5) is 0 Å². The van der Waals surface area contributed by atoms with Crippen molar-refractivity contribution in [2.24, 2.45) is 0 Å². The molecule has 4 heteroatoms. The van der Waals surface area contributed by atoms with Gasteiger partial charge in [-0.05, 0) is 57.9 Å². The van der Waals surface area contributed by atoms with Crippen molar-refractivity contribution < 1.29 is 0 Å². The van der Waals surface area contributed by atoms with E-state index in [2.05, 4.69) is 112 Å². The van der Waals surface area contributed by atoms with Gasteiger partial charge < -0.3 is 0 Å². The van der Waals surface area contributed by atoms with E-state index in [4.69, 9.17) is 0 Å². The second kappa shape index (κ2) is 8.13. The number of hydrogen-bond donors (Lipinski definition) is 0. The third-order valence-corrected chi connectivity index (χ3v) is 5.95. The number of hydrogen-bond acceptors (Lipinski definition) is 0. The highest BCUT2D eigenvalue weighted by molar-refractivity contribution is 9.11. The molecule has 4 aromatic rings. The SMILES string of the molecule is Brc1ccc(Br)c2ccccc12.Brc1ccc2ccc(Br)cc2c1. The van der Waals surface area contributed by atoms with Crippen molar-refractivity contribution in [2.75, 3.05) is 0 Å². The van der Waals surface area contributed by atoms with Crippen LogP contribution in [0, 0.1) is 0 Å². The summed E-state index contributed by atoms with van der Waals surface area (Å²) in [4.78, 5) is 0. The Morgan fingerprint density at radius 1 is 0.458 bits per heavy atom. The molecule has 0 fully saturated rings. The molecule has 0 aliphatic rings.